The second-order valence-electron chi connectivity index (χ2n) is 9.03. The highest BCUT2D eigenvalue weighted by atomic mass is 16.2. The maximum Gasteiger partial charge on any atom is 0.237 e. The number of nitrogens with one attached hydrogen (secondary N) is 1. The lowest BCUT2D eigenvalue weighted by Gasteiger charge is -2.40. The number of amides is 2. The maximum absolute atomic E-state index is 12.7. The topological polar surface area (TPSA) is 65.5 Å². The van der Waals surface area contributed by atoms with Crippen LogP contribution in [0.15, 0.2) is 24.4 Å². The molecular formula is C21H30N4O2. The van der Waals surface area contributed by atoms with Crippen LogP contribution in [-0.2, 0) is 16.1 Å². The predicted octanol–water partition coefficient (Wildman–Crippen LogP) is 1.81. The SMILES string of the molecule is CN1CC2(CCN(C(=O)C3(C)CC3)CC2)CC1C(=O)NCc1ccccn1. The molecule has 1 aromatic rings. The zero-order valence-corrected chi connectivity index (χ0v) is 16.4. The Kier molecular flexibility index (Phi) is 4.70. The van der Waals surface area contributed by atoms with E-state index in [9.17, 15) is 9.59 Å². The minimum absolute atomic E-state index is 0.0785. The minimum Gasteiger partial charge on any atom is -0.349 e. The van der Waals surface area contributed by atoms with Gasteiger partial charge in [-0.15, -0.1) is 0 Å². The van der Waals surface area contributed by atoms with Gasteiger partial charge in [-0.05, 0) is 56.7 Å². The Balaban J connectivity index is 1.31. The number of carbonyl (C=O) groups is 2. The summed E-state index contributed by atoms with van der Waals surface area (Å²) < 4.78 is 0. The van der Waals surface area contributed by atoms with Crippen LogP contribution in [0.4, 0.5) is 0 Å². The van der Waals surface area contributed by atoms with Crippen molar-refractivity contribution in [1.29, 1.82) is 0 Å². The zero-order valence-electron chi connectivity index (χ0n) is 16.4. The molecule has 0 bridgehead atoms. The van der Waals surface area contributed by atoms with Crippen LogP contribution in [0.5, 0.6) is 0 Å². The third kappa shape index (κ3) is 3.72. The fourth-order valence-electron chi connectivity index (χ4n) is 4.69. The number of likely N-dealkylation sites (tertiary alicyclic amines) is 2. The molecule has 4 rings (SSSR count). The van der Waals surface area contributed by atoms with Crippen LogP contribution in [-0.4, -0.2) is 59.3 Å². The molecule has 0 radical (unpaired) electrons. The monoisotopic (exact) mass is 370 g/mol. The van der Waals surface area contributed by atoms with Crippen molar-refractivity contribution >= 4 is 11.8 Å². The Hall–Kier alpha value is -1.95. The first kappa shape index (κ1) is 18.4. The van der Waals surface area contributed by atoms with E-state index in [1.807, 2.05) is 25.2 Å². The normalized spacial score (nSPS) is 26.1. The highest BCUT2D eigenvalue weighted by molar-refractivity contribution is 5.85. The van der Waals surface area contributed by atoms with Crippen molar-refractivity contribution < 1.29 is 9.59 Å². The zero-order chi connectivity index (χ0) is 19.1. The van der Waals surface area contributed by atoms with Gasteiger partial charge < -0.3 is 10.2 Å². The van der Waals surface area contributed by atoms with Crippen molar-refractivity contribution in [2.75, 3.05) is 26.7 Å². The minimum atomic E-state index is -0.0862. The summed E-state index contributed by atoms with van der Waals surface area (Å²) in [6.45, 7) is 5.17. The third-order valence-corrected chi connectivity index (χ3v) is 6.84. The molecule has 1 aliphatic carbocycles. The van der Waals surface area contributed by atoms with Gasteiger partial charge in [0.05, 0.1) is 18.3 Å². The van der Waals surface area contributed by atoms with E-state index < -0.39 is 0 Å². The first-order chi connectivity index (χ1) is 12.9. The molecule has 3 fully saturated rings. The lowest BCUT2D eigenvalue weighted by molar-refractivity contribution is -0.138. The van der Waals surface area contributed by atoms with E-state index >= 15 is 0 Å². The molecule has 1 spiro atoms. The summed E-state index contributed by atoms with van der Waals surface area (Å²) >= 11 is 0. The van der Waals surface area contributed by atoms with E-state index in [-0.39, 0.29) is 22.8 Å². The lowest BCUT2D eigenvalue weighted by Crippen LogP contribution is -2.46. The number of carbonyl (C=O) groups excluding carboxylic acids is 2. The fraction of sp³-hybridized carbons (Fsp3) is 0.667. The van der Waals surface area contributed by atoms with Crippen LogP contribution >= 0.6 is 0 Å². The molecule has 1 aromatic heterocycles. The molecule has 1 N–H and O–H groups in total. The first-order valence-corrected chi connectivity index (χ1v) is 10.1. The number of likely N-dealkylation sites (N-methyl/N-ethyl adjacent to an activating group) is 1. The van der Waals surface area contributed by atoms with Crippen LogP contribution in [0.1, 0.15) is 44.7 Å². The Morgan fingerprint density at radius 2 is 1.96 bits per heavy atom. The van der Waals surface area contributed by atoms with E-state index in [4.69, 9.17) is 0 Å². The molecule has 0 aromatic carbocycles. The fourth-order valence-corrected chi connectivity index (χ4v) is 4.69. The number of piperidine rings is 1. The van der Waals surface area contributed by atoms with E-state index in [1.165, 1.54) is 0 Å². The average Bonchev–Trinajstić information content (AvgIpc) is 3.35. The van der Waals surface area contributed by atoms with Crippen molar-refractivity contribution in [2.45, 2.75) is 51.6 Å². The van der Waals surface area contributed by atoms with Crippen molar-refractivity contribution in [3.8, 4) is 0 Å². The van der Waals surface area contributed by atoms with E-state index in [1.54, 1.807) is 6.20 Å². The second kappa shape index (κ2) is 6.89. The number of aromatic nitrogens is 1. The molecular weight excluding hydrogens is 340 g/mol. The Morgan fingerprint density at radius 1 is 1.22 bits per heavy atom. The van der Waals surface area contributed by atoms with E-state index in [0.717, 1.165) is 57.4 Å². The molecule has 1 saturated carbocycles. The van der Waals surface area contributed by atoms with Crippen LogP contribution < -0.4 is 5.32 Å². The Bertz CT molecular complexity index is 708. The molecule has 2 saturated heterocycles. The molecule has 6 nitrogen and oxygen atoms in total. The molecule has 3 aliphatic rings. The highest BCUT2D eigenvalue weighted by Gasteiger charge is 2.51. The largest absolute Gasteiger partial charge is 0.349 e. The van der Waals surface area contributed by atoms with Crippen LogP contribution in [0, 0.1) is 10.8 Å². The van der Waals surface area contributed by atoms with Gasteiger partial charge in [-0.3, -0.25) is 19.5 Å². The first-order valence-electron chi connectivity index (χ1n) is 10.1. The summed E-state index contributed by atoms with van der Waals surface area (Å²) in [5, 5.41) is 3.04. The summed E-state index contributed by atoms with van der Waals surface area (Å²) in [4.78, 5) is 33.8. The highest BCUT2D eigenvalue weighted by Crippen LogP contribution is 2.48. The number of hydrogen-bond acceptors (Lipinski definition) is 4. The van der Waals surface area contributed by atoms with E-state index in [2.05, 4.69) is 27.0 Å². The molecule has 2 amide bonds. The Labute approximate surface area is 161 Å². The van der Waals surface area contributed by atoms with Crippen molar-refractivity contribution in [1.82, 2.24) is 20.1 Å². The lowest BCUT2D eigenvalue weighted by atomic mass is 9.76. The van der Waals surface area contributed by atoms with Crippen molar-refractivity contribution in [3.05, 3.63) is 30.1 Å². The Morgan fingerprint density at radius 3 is 2.59 bits per heavy atom. The van der Waals surface area contributed by atoms with Gasteiger partial charge in [0.15, 0.2) is 0 Å². The maximum atomic E-state index is 12.7. The standard InChI is InChI=1S/C21H30N4O2/c1-20(6-7-20)19(27)25-11-8-21(9-12-25)13-17(24(2)15-21)18(26)23-14-16-5-3-4-10-22-16/h3-5,10,17H,6-9,11-15H2,1-2H3,(H,23,26). The van der Waals surface area contributed by atoms with Crippen LogP contribution in [0.3, 0.4) is 0 Å². The van der Waals surface area contributed by atoms with Gasteiger partial charge in [-0.1, -0.05) is 13.0 Å². The van der Waals surface area contributed by atoms with Gasteiger partial charge in [-0.2, -0.15) is 0 Å². The summed E-state index contributed by atoms with van der Waals surface area (Å²) in [7, 11) is 2.04. The smallest absolute Gasteiger partial charge is 0.237 e. The van der Waals surface area contributed by atoms with Gasteiger partial charge in [0, 0.05) is 31.2 Å². The number of hydrogen-bond donors (Lipinski definition) is 1. The van der Waals surface area contributed by atoms with E-state index in [0.29, 0.717) is 12.5 Å². The van der Waals surface area contributed by atoms with Gasteiger partial charge >= 0.3 is 0 Å². The van der Waals surface area contributed by atoms with Crippen molar-refractivity contribution in [3.63, 3.8) is 0 Å². The average molecular weight is 370 g/mol. The summed E-state index contributed by atoms with van der Waals surface area (Å²) in [6, 6.07) is 5.65. The second-order valence-corrected chi connectivity index (χ2v) is 9.03. The molecule has 6 heteroatoms. The molecule has 1 atom stereocenters. The predicted molar refractivity (Wildman–Crippen MR) is 103 cm³/mol. The quantitative estimate of drug-likeness (QED) is 0.878. The molecule has 3 heterocycles. The van der Waals surface area contributed by atoms with Crippen LogP contribution in [0.2, 0.25) is 0 Å². The molecule has 146 valence electrons. The summed E-state index contributed by atoms with van der Waals surface area (Å²) in [5.74, 6) is 0.428. The molecule has 27 heavy (non-hydrogen) atoms. The van der Waals surface area contributed by atoms with Gasteiger partial charge in [0.2, 0.25) is 11.8 Å². The summed E-state index contributed by atoms with van der Waals surface area (Å²) in [5.41, 5.74) is 0.968. The third-order valence-electron chi connectivity index (χ3n) is 6.84. The molecule has 2 aliphatic heterocycles. The van der Waals surface area contributed by atoms with Gasteiger partial charge in [-0.25, -0.2) is 0 Å². The van der Waals surface area contributed by atoms with Gasteiger partial charge in [0.1, 0.15) is 0 Å². The van der Waals surface area contributed by atoms with Crippen LogP contribution in [0.25, 0.3) is 0 Å². The number of nitrogens with zero attached hydrogens (tertiary/aromatic N) is 3. The number of rotatable bonds is 4. The molecule has 1 unspecified atom stereocenters. The van der Waals surface area contributed by atoms with Gasteiger partial charge in [0.25, 0.3) is 0 Å². The number of pyridine rings is 1. The summed E-state index contributed by atoms with van der Waals surface area (Å²) in [6.07, 6.45) is 6.71. The van der Waals surface area contributed by atoms with Crippen molar-refractivity contribution in [2.24, 2.45) is 10.8 Å².